The van der Waals surface area contributed by atoms with Gasteiger partial charge >= 0.3 is 0 Å². The highest BCUT2D eigenvalue weighted by molar-refractivity contribution is 5.70. The van der Waals surface area contributed by atoms with Gasteiger partial charge in [-0.25, -0.2) is 9.67 Å². The van der Waals surface area contributed by atoms with Gasteiger partial charge < -0.3 is 15.3 Å². The Balaban J connectivity index is 1.46. The molecule has 0 amide bonds. The molecule has 0 spiro atoms. The summed E-state index contributed by atoms with van der Waals surface area (Å²) in [5, 5.41) is 22.1. The molecule has 1 aliphatic rings. The van der Waals surface area contributed by atoms with Crippen LogP contribution in [0.25, 0.3) is 22.7 Å². The molecule has 9 heteroatoms. The van der Waals surface area contributed by atoms with Crippen molar-refractivity contribution in [3.8, 4) is 22.7 Å². The Morgan fingerprint density at radius 2 is 1.88 bits per heavy atom. The van der Waals surface area contributed by atoms with Gasteiger partial charge in [0, 0.05) is 48.2 Å². The van der Waals surface area contributed by atoms with Gasteiger partial charge in [-0.2, -0.15) is 4.98 Å². The molecule has 9 nitrogen and oxygen atoms in total. The number of nitrogens with one attached hydrogen (secondary N) is 1. The number of benzene rings is 1. The van der Waals surface area contributed by atoms with E-state index in [9.17, 15) is 5.11 Å². The second kappa shape index (κ2) is 7.30. The van der Waals surface area contributed by atoms with Crippen molar-refractivity contribution in [1.29, 1.82) is 0 Å². The van der Waals surface area contributed by atoms with Crippen molar-refractivity contribution in [3.05, 3.63) is 49.1 Å². The minimum absolute atomic E-state index is 0.0357. The van der Waals surface area contributed by atoms with Gasteiger partial charge in [-0.05, 0) is 52.3 Å². The van der Waals surface area contributed by atoms with Gasteiger partial charge in [0.15, 0.2) is 0 Å². The molecule has 32 heavy (non-hydrogen) atoms. The monoisotopic (exact) mass is 432 g/mol. The van der Waals surface area contributed by atoms with Gasteiger partial charge in [0.05, 0.1) is 23.8 Å². The Bertz CT molecular complexity index is 1260. The van der Waals surface area contributed by atoms with Crippen molar-refractivity contribution >= 4 is 11.6 Å². The van der Waals surface area contributed by atoms with E-state index in [0.717, 1.165) is 31.0 Å². The topological polar surface area (TPSA) is 96.4 Å². The summed E-state index contributed by atoms with van der Waals surface area (Å²) in [5.74, 6) is 1.64. The van der Waals surface area contributed by atoms with Crippen LogP contribution >= 0.6 is 0 Å². The van der Waals surface area contributed by atoms with Crippen molar-refractivity contribution in [2.45, 2.75) is 45.2 Å². The fourth-order valence-corrected chi connectivity index (χ4v) is 4.58. The van der Waals surface area contributed by atoms with E-state index in [1.54, 1.807) is 23.1 Å². The summed E-state index contributed by atoms with van der Waals surface area (Å²) in [6.45, 7) is 10.7. The second-order valence-corrected chi connectivity index (χ2v) is 9.73. The molecule has 166 valence electrons. The Hall–Kier alpha value is -3.46. The summed E-state index contributed by atoms with van der Waals surface area (Å²) < 4.78 is 3.48. The lowest BCUT2D eigenvalue weighted by atomic mass is 9.96. The molecular formula is C23H28N8O. The summed E-state index contributed by atoms with van der Waals surface area (Å²) in [6.07, 6.45) is 8.21. The second-order valence-electron chi connectivity index (χ2n) is 9.73. The molecule has 0 saturated carbocycles. The highest BCUT2D eigenvalue weighted by Gasteiger charge is 2.33. The number of anilines is 1. The maximum Gasteiger partial charge on any atom is 0.236 e. The summed E-state index contributed by atoms with van der Waals surface area (Å²) in [5.41, 5.74) is 2.07. The molecule has 0 unspecified atom stereocenters. The Morgan fingerprint density at radius 1 is 1.03 bits per heavy atom. The third kappa shape index (κ3) is 3.91. The number of fused-ring (bicyclic) bond motifs is 1. The van der Waals surface area contributed by atoms with Crippen LogP contribution in [0.5, 0.6) is 5.75 Å². The van der Waals surface area contributed by atoms with Crippen LogP contribution in [0, 0.1) is 0 Å². The lowest BCUT2D eigenvalue weighted by Gasteiger charge is -2.35. The van der Waals surface area contributed by atoms with Crippen molar-refractivity contribution < 1.29 is 5.11 Å². The van der Waals surface area contributed by atoms with E-state index in [4.69, 9.17) is 9.97 Å². The van der Waals surface area contributed by atoms with Crippen LogP contribution < -0.4 is 10.2 Å². The van der Waals surface area contributed by atoms with Gasteiger partial charge in [-0.15, -0.1) is 5.10 Å². The Morgan fingerprint density at radius 3 is 2.62 bits per heavy atom. The van der Waals surface area contributed by atoms with Gasteiger partial charge in [-0.3, -0.25) is 4.40 Å². The van der Waals surface area contributed by atoms with Gasteiger partial charge in [0.2, 0.25) is 5.78 Å². The SMILES string of the molecule is CC1(C)CCN(c2ccn3cc(-c4ccc(-n5ccnn5)cc4O)nc3n2)CC(C)(C)N1. The van der Waals surface area contributed by atoms with E-state index in [1.165, 1.54) is 0 Å². The van der Waals surface area contributed by atoms with Crippen LogP contribution in [0.15, 0.2) is 49.1 Å². The number of nitrogens with zero attached hydrogens (tertiary/aromatic N) is 7. The summed E-state index contributed by atoms with van der Waals surface area (Å²) in [4.78, 5) is 11.8. The largest absolute Gasteiger partial charge is 0.507 e. The molecule has 3 aromatic heterocycles. The summed E-state index contributed by atoms with van der Waals surface area (Å²) in [6, 6.07) is 7.39. The molecule has 1 fully saturated rings. The third-order valence-corrected chi connectivity index (χ3v) is 5.85. The van der Waals surface area contributed by atoms with Crippen molar-refractivity contribution in [2.75, 3.05) is 18.0 Å². The molecule has 1 aliphatic heterocycles. The first kappa shape index (κ1) is 20.4. The van der Waals surface area contributed by atoms with Crippen LogP contribution in [0.2, 0.25) is 0 Å². The molecule has 4 aromatic rings. The maximum atomic E-state index is 10.6. The van der Waals surface area contributed by atoms with Crippen LogP contribution in [-0.4, -0.2) is 58.6 Å². The van der Waals surface area contributed by atoms with E-state index >= 15 is 0 Å². The predicted molar refractivity (Wildman–Crippen MR) is 123 cm³/mol. The fraction of sp³-hybridized carbons (Fsp3) is 0.391. The predicted octanol–water partition coefficient (Wildman–Crippen LogP) is 3.04. The first-order chi connectivity index (χ1) is 15.2. The van der Waals surface area contributed by atoms with Crippen molar-refractivity contribution in [1.82, 2.24) is 34.7 Å². The molecule has 0 atom stereocenters. The van der Waals surface area contributed by atoms with Gasteiger partial charge in [0.1, 0.15) is 11.6 Å². The minimum atomic E-state index is -0.0357. The molecule has 1 saturated heterocycles. The molecule has 0 bridgehead atoms. The van der Waals surface area contributed by atoms with E-state index in [-0.39, 0.29) is 16.8 Å². The molecule has 1 aromatic carbocycles. The average Bonchev–Trinajstić information content (AvgIpc) is 3.37. The lowest BCUT2D eigenvalue weighted by Crippen LogP contribution is -2.53. The molecule has 4 heterocycles. The standard InChI is InChI=1S/C23H28N8O/c1-22(2)8-11-30(15-23(3,4)27-22)20-7-10-29-14-18(25-21(29)26-20)17-6-5-16(13-19(17)32)31-12-9-24-28-31/h5-7,9-10,12-14,27,32H,8,11,15H2,1-4H3. The number of phenolic OH excluding ortho intramolecular Hbond substituents is 1. The van der Waals surface area contributed by atoms with Crippen LogP contribution in [0.4, 0.5) is 5.82 Å². The maximum absolute atomic E-state index is 10.6. The minimum Gasteiger partial charge on any atom is -0.507 e. The zero-order valence-corrected chi connectivity index (χ0v) is 18.8. The van der Waals surface area contributed by atoms with Gasteiger partial charge in [-0.1, -0.05) is 5.21 Å². The number of imidazole rings is 1. The Kier molecular flexibility index (Phi) is 4.67. The van der Waals surface area contributed by atoms with Crippen molar-refractivity contribution in [3.63, 3.8) is 0 Å². The van der Waals surface area contributed by atoms with Gasteiger partial charge in [0.25, 0.3) is 0 Å². The number of aromatic nitrogens is 6. The number of aromatic hydroxyl groups is 1. The number of hydrogen-bond donors (Lipinski definition) is 2. The molecule has 2 N–H and O–H groups in total. The average molecular weight is 433 g/mol. The Labute approximate surface area is 186 Å². The van der Waals surface area contributed by atoms with Crippen LogP contribution in [0.1, 0.15) is 34.1 Å². The quantitative estimate of drug-likeness (QED) is 0.514. The molecule has 5 rings (SSSR count). The van der Waals surface area contributed by atoms with E-state index in [2.05, 4.69) is 48.2 Å². The van der Waals surface area contributed by atoms with Crippen LogP contribution in [0.3, 0.4) is 0 Å². The zero-order chi connectivity index (χ0) is 22.5. The fourth-order valence-electron chi connectivity index (χ4n) is 4.58. The zero-order valence-electron chi connectivity index (χ0n) is 18.8. The summed E-state index contributed by atoms with van der Waals surface area (Å²) in [7, 11) is 0. The van der Waals surface area contributed by atoms with E-state index < -0.39 is 0 Å². The smallest absolute Gasteiger partial charge is 0.236 e. The van der Waals surface area contributed by atoms with Crippen molar-refractivity contribution in [2.24, 2.45) is 0 Å². The molecule has 0 aliphatic carbocycles. The first-order valence-electron chi connectivity index (χ1n) is 10.8. The van der Waals surface area contributed by atoms with E-state index in [1.807, 2.05) is 35.0 Å². The molecular weight excluding hydrogens is 404 g/mol. The lowest BCUT2D eigenvalue weighted by molar-refractivity contribution is 0.284. The molecule has 0 radical (unpaired) electrons. The van der Waals surface area contributed by atoms with Crippen LogP contribution in [-0.2, 0) is 0 Å². The highest BCUT2D eigenvalue weighted by Crippen LogP contribution is 2.31. The number of rotatable bonds is 3. The van der Waals surface area contributed by atoms with E-state index in [0.29, 0.717) is 17.0 Å². The number of phenols is 1. The first-order valence-corrected chi connectivity index (χ1v) is 10.8. The summed E-state index contributed by atoms with van der Waals surface area (Å²) >= 11 is 0. The number of hydrogen-bond acceptors (Lipinski definition) is 7. The normalized spacial score (nSPS) is 18.1. The highest BCUT2D eigenvalue weighted by atomic mass is 16.3. The third-order valence-electron chi connectivity index (χ3n) is 5.85.